The van der Waals surface area contributed by atoms with Crippen molar-refractivity contribution in [2.75, 3.05) is 0 Å². The standard InChI is InChI=1S/C35H62O3/c1-9-11-12-13-14-15-16-17-18-19-20-21-22-23-28(10-2)29(33(37)38)24-27-25-30(34(3,4)5)32(36)31(26-27)35(6,7)8/h25-26,28-29,36H,9-24H2,1-8H3,(H,37,38). The van der Waals surface area contributed by atoms with Crippen LogP contribution in [0.1, 0.15) is 168 Å². The van der Waals surface area contributed by atoms with E-state index in [1.165, 1.54) is 77.0 Å². The van der Waals surface area contributed by atoms with E-state index in [4.69, 9.17) is 0 Å². The number of phenolic OH excluding ortho intramolecular Hbond substituents is 1. The van der Waals surface area contributed by atoms with Gasteiger partial charge in [-0.15, -0.1) is 0 Å². The highest BCUT2D eigenvalue weighted by Crippen LogP contribution is 2.40. The average molecular weight is 531 g/mol. The summed E-state index contributed by atoms with van der Waals surface area (Å²) in [5.74, 6) is -0.526. The lowest BCUT2D eigenvalue weighted by atomic mass is 9.76. The van der Waals surface area contributed by atoms with Gasteiger partial charge < -0.3 is 10.2 Å². The summed E-state index contributed by atoms with van der Waals surface area (Å²) in [6.45, 7) is 17.1. The molecular formula is C35H62O3. The van der Waals surface area contributed by atoms with E-state index in [-0.39, 0.29) is 22.7 Å². The van der Waals surface area contributed by atoms with Crippen LogP contribution in [-0.4, -0.2) is 16.2 Å². The van der Waals surface area contributed by atoms with Gasteiger partial charge in [0.2, 0.25) is 0 Å². The van der Waals surface area contributed by atoms with Crippen LogP contribution >= 0.6 is 0 Å². The van der Waals surface area contributed by atoms with Gasteiger partial charge in [-0.05, 0) is 46.3 Å². The normalized spacial score (nSPS) is 14.0. The van der Waals surface area contributed by atoms with Crippen LogP contribution in [0.3, 0.4) is 0 Å². The highest BCUT2D eigenvalue weighted by Gasteiger charge is 2.30. The van der Waals surface area contributed by atoms with Crippen LogP contribution in [0.4, 0.5) is 0 Å². The van der Waals surface area contributed by atoms with Gasteiger partial charge in [0.15, 0.2) is 0 Å². The van der Waals surface area contributed by atoms with E-state index < -0.39 is 5.97 Å². The molecule has 38 heavy (non-hydrogen) atoms. The van der Waals surface area contributed by atoms with Crippen molar-refractivity contribution in [2.24, 2.45) is 11.8 Å². The SMILES string of the molecule is CCCCCCCCCCCCCCCC(CC)C(Cc1cc(C(C)(C)C)c(O)c(C(C)(C)C)c1)C(=O)O. The van der Waals surface area contributed by atoms with Crippen molar-refractivity contribution in [3.05, 3.63) is 28.8 Å². The summed E-state index contributed by atoms with van der Waals surface area (Å²) in [7, 11) is 0. The number of aromatic hydroxyl groups is 1. The average Bonchev–Trinajstić information content (AvgIpc) is 2.82. The van der Waals surface area contributed by atoms with Gasteiger partial charge in [0.1, 0.15) is 5.75 Å². The third kappa shape index (κ3) is 12.6. The molecule has 2 unspecified atom stereocenters. The van der Waals surface area contributed by atoms with Crippen molar-refractivity contribution in [1.29, 1.82) is 0 Å². The van der Waals surface area contributed by atoms with E-state index in [1.54, 1.807) is 0 Å². The lowest BCUT2D eigenvalue weighted by molar-refractivity contribution is -0.143. The number of hydrogen-bond donors (Lipinski definition) is 2. The molecule has 0 radical (unpaired) electrons. The Labute approximate surface area is 236 Å². The molecule has 0 spiro atoms. The minimum atomic E-state index is -0.686. The molecule has 0 saturated heterocycles. The minimum Gasteiger partial charge on any atom is -0.507 e. The summed E-state index contributed by atoms with van der Waals surface area (Å²) in [6, 6.07) is 4.11. The number of benzene rings is 1. The summed E-state index contributed by atoms with van der Waals surface area (Å²) in [4.78, 5) is 12.4. The number of carboxylic acids is 1. The molecule has 0 aliphatic heterocycles. The van der Waals surface area contributed by atoms with Gasteiger partial charge in [0.05, 0.1) is 5.92 Å². The molecular weight excluding hydrogens is 468 g/mol. The van der Waals surface area contributed by atoms with Crippen molar-refractivity contribution >= 4 is 5.97 Å². The van der Waals surface area contributed by atoms with Crippen LogP contribution in [0, 0.1) is 11.8 Å². The maximum atomic E-state index is 12.4. The van der Waals surface area contributed by atoms with E-state index in [2.05, 4.69) is 67.5 Å². The lowest BCUT2D eigenvalue weighted by Crippen LogP contribution is -2.26. The first-order chi connectivity index (χ1) is 17.8. The number of carboxylic acid groups (broad SMARTS) is 1. The summed E-state index contributed by atoms with van der Waals surface area (Å²) in [5, 5.41) is 21.3. The fourth-order valence-electron chi connectivity index (χ4n) is 5.78. The largest absolute Gasteiger partial charge is 0.507 e. The van der Waals surface area contributed by atoms with E-state index in [9.17, 15) is 15.0 Å². The first kappa shape index (κ1) is 34.5. The Hall–Kier alpha value is -1.51. The van der Waals surface area contributed by atoms with Crippen molar-refractivity contribution in [3.63, 3.8) is 0 Å². The smallest absolute Gasteiger partial charge is 0.307 e. The highest BCUT2D eigenvalue weighted by molar-refractivity contribution is 5.71. The van der Waals surface area contributed by atoms with Crippen LogP contribution in [-0.2, 0) is 22.0 Å². The third-order valence-corrected chi connectivity index (χ3v) is 8.33. The van der Waals surface area contributed by atoms with E-state index in [0.29, 0.717) is 12.2 Å². The molecule has 0 saturated carbocycles. The first-order valence-corrected chi connectivity index (χ1v) is 15.9. The molecule has 1 aromatic carbocycles. The predicted molar refractivity (Wildman–Crippen MR) is 164 cm³/mol. The van der Waals surface area contributed by atoms with Gasteiger partial charge in [0, 0.05) is 0 Å². The molecule has 3 nitrogen and oxygen atoms in total. The topological polar surface area (TPSA) is 57.5 Å². The number of hydrogen-bond acceptors (Lipinski definition) is 2. The van der Waals surface area contributed by atoms with Gasteiger partial charge >= 0.3 is 5.97 Å². The molecule has 3 heteroatoms. The second-order valence-electron chi connectivity index (χ2n) is 13.9. The molecule has 220 valence electrons. The Morgan fingerprint density at radius 1 is 0.711 bits per heavy atom. The van der Waals surface area contributed by atoms with Crippen LogP contribution in [0.5, 0.6) is 5.75 Å². The lowest BCUT2D eigenvalue weighted by Gasteiger charge is -2.29. The van der Waals surface area contributed by atoms with Crippen molar-refractivity contribution < 1.29 is 15.0 Å². The molecule has 1 aromatic rings. The van der Waals surface area contributed by atoms with Crippen LogP contribution in [0.25, 0.3) is 0 Å². The van der Waals surface area contributed by atoms with E-state index in [0.717, 1.165) is 36.0 Å². The summed E-state index contributed by atoms with van der Waals surface area (Å²) in [5.41, 5.74) is 2.44. The monoisotopic (exact) mass is 530 g/mol. The molecule has 2 N–H and O–H groups in total. The third-order valence-electron chi connectivity index (χ3n) is 8.33. The highest BCUT2D eigenvalue weighted by atomic mass is 16.4. The van der Waals surface area contributed by atoms with Crippen LogP contribution in [0.15, 0.2) is 12.1 Å². The van der Waals surface area contributed by atoms with Crippen molar-refractivity contribution in [1.82, 2.24) is 0 Å². The Kier molecular flexibility index (Phi) is 15.7. The summed E-state index contributed by atoms with van der Waals surface area (Å²) >= 11 is 0. The second-order valence-corrected chi connectivity index (χ2v) is 13.9. The second kappa shape index (κ2) is 17.2. The maximum Gasteiger partial charge on any atom is 0.307 e. The van der Waals surface area contributed by atoms with Gasteiger partial charge in [-0.1, -0.05) is 157 Å². The molecule has 0 heterocycles. The van der Waals surface area contributed by atoms with E-state index >= 15 is 0 Å². The van der Waals surface area contributed by atoms with Gasteiger partial charge in [-0.25, -0.2) is 0 Å². The molecule has 0 aliphatic rings. The number of rotatable bonds is 19. The summed E-state index contributed by atoms with van der Waals surface area (Å²) in [6.07, 6.45) is 19.7. The van der Waals surface area contributed by atoms with E-state index in [1.807, 2.05) is 0 Å². The van der Waals surface area contributed by atoms with Gasteiger partial charge in [-0.3, -0.25) is 4.79 Å². The molecule has 1 rings (SSSR count). The zero-order valence-corrected chi connectivity index (χ0v) is 26.4. The molecule has 2 atom stereocenters. The van der Waals surface area contributed by atoms with Crippen molar-refractivity contribution in [2.45, 2.75) is 169 Å². The molecule has 0 aliphatic carbocycles. The number of aliphatic carboxylic acids is 1. The maximum absolute atomic E-state index is 12.4. The number of unbranched alkanes of at least 4 members (excludes halogenated alkanes) is 12. The fraction of sp³-hybridized carbons (Fsp3) is 0.800. The molecule has 0 fully saturated rings. The van der Waals surface area contributed by atoms with Crippen molar-refractivity contribution in [3.8, 4) is 5.75 Å². The zero-order valence-electron chi connectivity index (χ0n) is 26.4. The van der Waals surface area contributed by atoms with Gasteiger partial charge in [-0.2, -0.15) is 0 Å². The van der Waals surface area contributed by atoms with Gasteiger partial charge in [0.25, 0.3) is 0 Å². The Morgan fingerprint density at radius 3 is 1.45 bits per heavy atom. The molecule has 0 amide bonds. The quantitative estimate of drug-likeness (QED) is 0.175. The number of carbonyl (C=O) groups is 1. The summed E-state index contributed by atoms with van der Waals surface area (Å²) < 4.78 is 0. The fourth-order valence-corrected chi connectivity index (χ4v) is 5.78. The molecule has 0 aromatic heterocycles. The van der Waals surface area contributed by atoms with Crippen LogP contribution < -0.4 is 0 Å². The first-order valence-electron chi connectivity index (χ1n) is 15.9. The minimum absolute atomic E-state index is 0.185. The Balaban J connectivity index is 2.63. The molecule has 0 bridgehead atoms. The predicted octanol–water partition coefficient (Wildman–Crippen LogP) is 10.7. The Bertz CT molecular complexity index is 761. The van der Waals surface area contributed by atoms with Crippen LogP contribution in [0.2, 0.25) is 0 Å². The Morgan fingerprint density at radius 2 is 1.11 bits per heavy atom. The zero-order chi connectivity index (χ0) is 28.8. The number of phenols is 1.